The number of hydrogen-bond donors (Lipinski definition) is 1. The summed E-state index contributed by atoms with van der Waals surface area (Å²) in [6.07, 6.45) is 1.19. The molecule has 6 heteroatoms. The van der Waals surface area contributed by atoms with Crippen molar-refractivity contribution in [1.82, 2.24) is 0 Å². The first-order chi connectivity index (χ1) is 11.0. The van der Waals surface area contributed by atoms with Gasteiger partial charge in [-0.3, -0.25) is 4.79 Å². The van der Waals surface area contributed by atoms with Gasteiger partial charge in [0.1, 0.15) is 17.6 Å². The molecule has 0 aromatic heterocycles. The molecule has 1 N–H and O–H groups in total. The van der Waals surface area contributed by atoms with E-state index in [1.54, 1.807) is 38.3 Å². The second kappa shape index (κ2) is 10.1. The summed E-state index contributed by atoms with van der Waals surface area (Å²) in [5.74, 6) is 0.192. The number of ketones is 1. The highest BCUT2D eigenvalue weighted by molar-refractivity contribution is 6.17. The average Bonchev–Trinajstić information content (AvgIpc) is 2.54. The number of benzene rings is 1. The minimum absolute atomic E-state index is 0.0609. The van der Waals surface area contributed by atoms with Gasteiger partial charge in [-0.15, -0.1) is 11.6 Å². The number of anilines is 1. The topological polar surface area (TPSA) is 64.6 Å². The van der Waals surface area contributed by atoms with Crippen LogP contribution >= 0.6 is 11.6 Å². The van der Waals surface area contributed by atoms with Gasteiger partial charge in [-0.25, -0.2) is 4.79 Å². The molecule has 5 nitrogen and oxygen atoms in total. The monoisotopic (exact) mass is 341 g/mol. The van der Waals surface area contributed by atoms with Crippen molar-refractivity contribution in [1.29, 1.82) is 0 Å². The van der Waals surface area contributed by atoms with Gasteiger partial charge in [0, 0.05) is 17.5 Å². The highest BCUT2D eigenvalue weighted by atomic mass is 35.5. The third kappa shape index (κ3) is 6.10. The molecule has 23 heavy (non-hydrogen) atoms. The average molecular weight is 342 g/mol. The molecular formula is C17H24ClNO4. The van der Waals surface area contributed by atoms with E-state index in [4.69, 9.17) is 21.1 Å². The molecule has 0 aliphatic rings. The Morgan fingerprint density at radius 1 is 1.26 bits per heavy atom. The van der Waals surface area contributed by atoms with Crippen LogP contribution in [0.2, 0.25) is 0 Å². The standard InChI is InChI=1S/C17H24ClNO4/c1-4-23-17(21)16(15(12(2)20)6-5-11-18)19-13-7-9-14(22-3)10-8-13/h7-10,15-16,19H,4-6,11H2,1-3H3/t15-,16?/m0/s1. The molecule has 0 saturated carbocycles. The zero-order valence-corrected chi connectivity index (χ0v) is 14.6. The molecule has 0 fully saturated rings. The van der Waals surface area contributed by atoms with Crippen LogP contribution in [0, 0.1) is 5.92 Å². The minimum Gasteiger partial charge on any atom is -0.497 e. The Bertz CT molecular complexity index is 504. The van der Waals surface area contributed by atoms with Crippen molar-refractivity contribution < 1.29 is 19.1 Å². The molecule has 0 aliphatic heterocycles. The quantitative estimate of drug-likeness (QED) is 0.522. The number of Topliss-reactive ketones (excluding diaryl/α,β-unsaturated/α-hetero) is 1. The Morgan fingerprint density at radius 2 is 1.91 bits per heavy atom. The van der Waals surface area contributed by atoms with Crippen molar-refractivity contribution in [2.24, 2.45) is 5.92 Å². The highest BCUT2D eigenvalue weighted by Crippen LogP contribution is 2.22. The van der Waals surface area contributed by atoms with Gasteiger partial charge in [0.2, 0.25) is 0 Å². The van der Waals surface area contributed by atoms with E-state index in [0.29, 0.717) is 24.5 Å². The maximum atomic E-state index is 12.3. The fraction of sp³-hybridized carbons (Fsp3) is 0.529. The molecule has 1 aromatic rings. The molecule has 0 radical (unpaired) electrons. The number of nitrogens with one attached hydrogen (secondary N) is 1. The van der Waals surface area contributed by atoms with E-state index >= 15 is 0 Å². The normalized spacial score (nSPS) is 13.0. The third-order valence-electron chi connectivity index (χ3n) is 3.53. The van der Waals surface area contributed by atoms with Crippen LogP contribution in [0.1, 0.15) is 26.7 Å². The Morgan fingerprint density at radius 3 is 2.39 bits per heavy atom. The number of esters is 1. The first kappa shape index (κ1) is 19.3. The van der Waals surface area contributed by atoms with Crippen LogP contribution in [-0.4, -0.2) is 37.4 Å². The van der Waals surface area contributed by atoms with Gasteiger partial charge in [0.25, 0.3) is 0 Å². The summed E-state index contributed by atoms with van der Waals surface area (Å²) < 4.78 is 10.2. The van der Waals surface area contributed by atoms with E-state index in [2.05, 4.69) is 5.32 Å². The van der Waals surface area contributed by atoms with Gasteiger partial charge in [-0.1, -0.05) is 0 Å². The molecule has 0 bridgehead atoms. The Labute approximate surface area is 142 Å². The SMILES string of the molecule is CCOC(=O)C(Nc1ccc(OC)cc1)[C@@H](CCCCl)C(C)=O. The molecule has 0 spiro atoms. The van der Waals surface area contributed by atoms with Crippen LogP contribution in [0.25, 0.3) is 0 Å². The van der Waals surface area contributed by atoms with Gasteiger partial charge in [0.15, 0.2) is 0 Å². The Balaban J connectivity index is 2.96. The second-order valence-corrected chi connectivity index (χ2v) is 5.53. The van der Waals surface area contributed by atoms with E-state index < -0.39 is 17.9 Å². The lowest BCUT2D eigenvalue weighted by Crippen LogP contribution is -2.41. The van der Waals surface area contributed by atoms with E-state index in [1.807, 2.05) is 0 Å². The van der Waals surface area contributed by atoms with E-state index in [0.717, 1.165) is 5.69 Å². The largest absolute Gasteiger partial charge is 0.497 e. The highest BCUT2D eigenvalue weighted by Gasteiger charge is 2.32. The number of rotatable bonds is 10. The smallest absolute Gasteiger partial charge is 0.329 e. The van der Waals surface area contributed by atoms with E-state index in [-0.39, 0.29) is 12.4 Å². The zero-order valence-electron chi connectivity index (χ0n) is 13.8. The molecule has 0 amide bonds. The van der Waals surface area contributed by atoms with Gasteiger partial charge < -0.3 is 14.8 Å². The molecule has 0 saturated heterocycles. The summed E-state index contributed by atoms with van der Waals surface area (Å²) in [6.45, 7) is 3.49. The van der Waals surface area contributed by atoms with Crippen LogP contribution in [0.5, 0.6) is 5.75 Å². The number of hydrogen-bond acceptors (Lipinski definition) is 5. The first-order valence-electron chi connectivity index (χ1n) is 7.67. The lowest BCUT2D eigenvalue weighted by atomic mass is 9.91. The lowest BCUT2D eigenvalue weighted by Gasteiger charge is -2.25. The molecule has 0 heterocycles. The summed E-state index contributed by atoms with van der Waals surface area (Å²) in [5.41, 5.74) is 0.723. The Hall–Kier alpha value is -1.75. The molecule has 1 unspecified atom stereocenters. The van der Waals surface area contributed by atoms with Gasteiger partial charge in [0.05, 0.1) is 13.7 Å². The van der Waals surface area contributed by atoms with E-state index in [9.17, 15) is 9.59 Å². The number of halogens is 1. The summed E-state index contributed by atoms with van der Waals surface area (Å²) in [6, 6.07) is 6.43. The molecule has 1 rings (SSSR count). The van der Waals surface area contributed by atoms with E-state index in [1.165, 1.54) is 6.92 Å². The van der Waals surface area contributed by atoms with Crippen molar-refractivity contribution in [2.45, 2.75) is 32.7 Å². The summed E-state index contributed by atoms with van der Waals surface area (Å²) >= 11 is 5.73. The van der Waals surface area contributed by atoms with Gasteiger partial charge in [-0.05, 0) is 51.0 Å². The maximum Gasteiger partial charge on any atom is 0.329 e. The maximum absolute atomic E-state index is 12.3. The number of carbonyl (C=O) groups is 2. The second-order valence-electron chi connectivity index (χ2n) is 5.15. The molecule has 128 valence electrons. The minimum atomic E-state index is -0.732. The van der Waals surface area contributed by atoms with Crippen LogP contribution in [0.4, 0.5) is 5.69 Å². The fourth-order valence-electron chi connectivity index (χ4n) is 2.32. The van der Waals surface area contributed by atoms with Gasteiger partial charge in [-0.2, -0.15) is 0 Å². The molecule has 2 atom stereocenters. The van der Waals surface area contributed by atoms with Crippen LogP contribution < -0.4 is 10.1 Å². The molecular weight excluding hydrogens is 318 g/mol. The lowest BCUT2D eigenvalue weighted by molar-refractivity contribution is -0.147. The number of carbonyl (C=O) groups excluding carboxylic acids is 2. The van der Waals surface area contributed by atoms with Crippen molar-refractivity contribution in [2.75, 3.05) is 24.9 Å². The summed E-state index contributed by atoms with van der Waals surface area (Å²) in [5, 5.41) is 3.11. The number of alkyl halides is 1. The summed E-state index contributed by atoms with van der Waals surface area (Å²) in [4.78, 5) is 24.3. The first-order valence-corrected chi connectivity index (χ1v) is 8.20. The third-order valence-corrected chi connectivity index (χ3v) is 3.79. The van der Waals surface area contributed by atoms with Crippen molar-refractivity contribution in [3.63, 3.8) is 0 Å². The fourth-order valence-corrected chi connectivity index (χ4v) is 2.48. The number of ether oxygens (including phenoxy) is 2. The molecule has 1 aromatic carbocycles. The van der Waals surface area contributed by atoms with Crippen molar-refractivity contribution in [3.8, 4) is 5.75 Å². The Kier molecular flexibility index (Phi) is 8.48. The van der Waals surface area contributed by atoms with Crippen LogP contribution in [0.3, 0.4) is 0 Å². The summed E-state index contributed by atoms with van der Waals surface area (Å²) in [7, 11) is 1.59. The van der Waals surface area contributed by atoms with Crippen LogP contribution in [0.15, 0.2) is 24.3 Å². The van der Waals surface area contributed by atoms with Crippen molar-refractivity contribution in [3.05, 3.63) is 24.3 Å². The number of methoxy groups -OCH3 is 1. The predicted molar refractivity (Wildman–Crippen MR) is 91.2 cm³/mol. The van der Waals surface area contributed by atoms with Gasteiger partial charge >= 0.3 is 5.97 Å². The van der Waals surface area contributed by atoms with Crippen LogP contribution in [-0.2, 0) is 14.3 Å². The molecule has 0 aliphatic carbocycles. The zero-order chi connectivity index (χ0) is 17.2. The predicted octanol–water partition coefficient (Wildman–Crippen LogP) is 3.26. The van der Waals surface area contributed by atoms with Crippen molar-refractivity contribution >= 4 is 29.0 Å².